The number of ether oxygens (including phenoxy) is 2. The van der Waals surface area contributed by atoms with Crippen LogP contribution in [-0.2, 0) is 26.0 Å². The Hall–Kier alpha value is -2.89. The van der Waals surface area contributed by atoms with Crippen LogP contribution in [-0.4, -0.2) is 39.0 Å². The largest absolute Gasteiger partial charge is 0.497 e. The standard InChI is InChI=1S/C17H15ClN2O5S2.C4H8O2/c1-10-15(18)17(25-19-10)20-27(22,23)14-7-8-26-16(14)13(21)9-11-3-5-12(24-2)6-4-11;1-3-6-4(2)5/h3-8,20H,9H2,1-2H3;3H2,1-2H3. The van der Waals surface area contributed by atoms with Crippen LogP contribution in [0, 0.1) is 6.92 Å². The molecule has 33 heavy (non-hydrogen) atoms. The summed E-state index contributed by atoms with van der Waals surface area (Å²) in [4.78, 5) is 22.5. The fourth-order valence-electron chi connectivity index (χ4n) is 2.52. The molecule has 0 amide bonds. The molecule has 1 aromatic carbocycles. The Labute approximate surface area is 200 Å². The van der Waals surface area contributed by atoms with Crippen LogP contribution in [0.4, 0.5) is 5.88 Å². The highest BCUT2D eigenvalue weighted by atomic mass is 35.5. The maximum Gasteiger partial charge on any atom is 0.302 e. The second kappa shape index (κ2) is 11.8. The van der Waals surface area contributed by atoms with Crippen molar-refractivity contribution >= 4 is 50.6 Å². The molecule has 0 aliphatic heterocycles. The van der Waals surface area contributed by atoms with Crippen LogP contribution in [0.2, 0.25) is 5.02 Å². The van der Waals surface area contributed by atoms with Gasteiger partial charge in [-0.05, 0) is 43.0 Å². The molecule has 0 aliphatic rings. The number of nitrogens with one attached hydrogen (secondary N) is 1. The Morgan fingerprint density at radius 3 is 2.36 bits per heavy atom. The normalized spacial score (nSPS) is 10.7. The van der Waals surface area contributed by atoms with E-state index in [1.807, 2.05) is 0 Å². The molecule has 9 nitrogen and oxygen atoms in total. The summed E-state index contributed by atoms with van der Waals surface area (Å²) in [5.74, 6) is -0.0316. The van der Waals surface area contributed by atoms with Crippen molar-refractivity contribution in [1.82, 2.24) is 5.16 Å². The predicted octanol–water partition coefficient (Wildman–Crippen LogP) is 4.50. The van der Waals surface area contributed by atoms with Crippen molar-refractivity contribution in [1.29, 1.82) is 0 Å². The van der Waals surface area contributed by atoms with Gasteiger partial charge in [-0.3, -0.25) is 9.59 Å². The summed E-state index contributed by atoms with van der Waals surface area (Å²) >= 11 is 7.01. The van der Waals surface area contributed by atoms with Gasteiger partial charge in [-0.1, -0.05) is 28.9 Å². The first kappa shape index (κ1) is 26.4. The van der Waals surface area contributed by atoms with E-state index in [9.17, 15) is 18.0 Å². The Balaban J connectivity index is 0.000000569. The first-order valence-corrected chi connectivity index (χ1v) is 12.3. The van der Waals surface area contributed by atoms with Crippen LogP contribution < -0.4 is 9.46 Å². The number of ketones is 1. The monoisotopic (exact) mass is 514 g/mol. The van der Waals surface area contributed by atoms with Gasteiger partial charge in [0.2, 0.25) is 0 Å². The molecule has 0 saturated heterocycles. The summed E-state index contributed by atoms with van der Waals surface area (Å²) in [6.45, 7) is 5.23. The minimum absolute atomic E-state index is 0.0647. The van der Waals surface area contributed by atoms with Crippen molar-refractivity contribution in [3.63, 3.8) is 0 Å². The molecule has 3 rings (SSSR count). The van der Waals surface area contributed by atoms with Gasteiger partial charge < -0.3 is 14.0 Å². The lowest BCUT2D eigenvalue weighted by atomic mass is 10.1. The molecule has 3 aromatic rings. The molecular formula is C21H23ClN2O7S2. The molecule has 2 heterocycles. The number of benzene rings is 1. The van der Waals surface area contributed by atoms with Gasteiger partial charge in [0.25, 0.3) is 15.9 Å². The van der Waals surface area contributed by atoms with E-state index in [0.717, 1.165) is 16.9 Å². The summed E-state index contributed by atoms with van der Waals surface area (Å²) in [6.07, 6.45) is 0.0647. The second-order valence-corrected chi connectivity index (χ2v) is 9.45. The second-order valence-electron chi connectivity index (χ2n) is 6.50. The van der Waals surface area contributed by atoms with Crippen LogP contribution in [0.1, 0.15) is 34.8 Å². The molecule has 0 saturated carbocycles. The summed E-state index contributed by atoms with van der Waals surface area (Å²) in [6, 6.07) is 8.36. The van der Waals surface area contributed by atoms with Gasteiger partial charge >= 0.3 is 5.97 Å². The lowest BCUT2D eigenvalue weighted by Gasteiger charge is -2.07. The zero-order chi connectivity index (χ0) is 24.6. The lowest BCUT2D eigenvalue weighted by molar-refractivity contribution is -0.140. The van der Waals surface area contributed by atoms with Crippen molar-refractivity contribution < 1.29 is 32.0 Å². The van der Waals surface area contributed by atoms with Crippen molar-refractivity contribution in [3.8, 4) is 5.75 Å². The zero-order valence-corrected chi connectivity index (χ0v) is 20.8. The number of Topliss-reactive ketones (excluding diaryl/α,β-unsaturated/α-hetero) is 1. The molecule has 0 spiro atoms. The van der Waals surface area contributed by atoms with E-state index in [1.54, 1.807) is 50.6 Å². The fraction of sp³-hybridized carbons (Fsp3) is 0.286. The van der Waals surface area contributed by atoms with Gasteiger partial charge in [0.05, 0.1) is 18.6 Å². The average Bonchev–Trinajstić information content (AvgIpc) is 3.38. The lowest BCUT2D eigenvalue weighted by Crippen LogP contribution is -2.16. The number of hydrogen-bond donors (Lipinski definition) is 1. The van der Waals surface area contributed by atoms with Gasteiger partial charge in [0.15, 0.2) is 5.78 Å². The topological polar surface area (TPSA) is 125 Å². The minimum Gasteiger partial charge on any atom is -0.497 e. The molecule has 0 aliphatic carbocycles. The quantitative estimate of drug-likeness (QED) is 0.344. The number of aromatic nitrogens is 1. The summed E-state index contributed by atoms with van der Waals surface area (Å²) in [5, 5.41) is 5.21. The third-order valence-corrected chi connectivity index (χ3v) is 6.96. The number of carbonyl (C=O) groups excluding carboxylic acids is 2. The number of esters is 1. The van der Waals surface area contributed by atoms with E-state index in [-0.39, 0.29) is 38.9 Å². The SMILES string of the molecule is CCOC(C)=O.COc1ccc(CC(=O)c2sccc2S(=O)(=O)Nc2onc(C)c2Cl)cc1. The average molecular weight is 515 g/mol. The Morgan fingerprint density at radius 2 is 1.88 bits per heavy atom. The molecule has 0 unspecified atom stereocenters. The van der Waals surface area contributed by atoms with E-state index in [2.05, 4.69) is 14.6 Å². The molecule has 178 valence electrons. The number of carbonyl (C=O) groups is 2. The fourth-order valence-corrected chi connectivity index (χ4v) is 5.08. The first-order chi connectivity index (χ1) is 15.6. The van der Waals surface area contributed by atoms with Crippen LogP contribution in [0.15, 0.2) is 45.1 Å². The zero-order valence-electron chi connectivity index (χ0n) is 18.4. The highest BCUT2D eigenvalue weighted by molar-refractivity contribution is 7.93. The molecule has 0 atom stereocenters. The molecular weight excluding hydrogens is 492 g/mol. The van der Waals surface area contributed by atoms with Gasteiger partial charge in [0.1, 0.15) is 21.4 Å². The number of rotatable bonds is 8. The van der Waals surface area contributed by atoms with E-state index in [4.69, 9.17) is 20.9 Å². The number of sulfonamides is 1. The first-order valence-electron chi connectivity index (χ1n) is 9.60. The number of thiophene rings is 1. The van der Waals surface area contributed by atoms with E-state index in [0.29, 0.717) is 18.1 Å². The van der Waals surface area contributed by atoms with Gasteiger partial charge in [-0.15, -0.1) is 11.3 Å². The molecule has 0 fully saturated rings. The maximum absolute atomic E-state index is 12.7. The maximum atomic E-state index is 12.7. The number of hydrogen-bond acceptors (Lipinski definition) is 9. The predicted molar refractivity (Wildman–Crippen MR) is 125 cm³/mol. The van der Waals surface area contributed by atoms with E-state index >= 15 is 0 Å². The number of methoxy groups -OCH3 is 1. The van der Waals surface area contributed by atoms with Crippen LogP contribution >= 0.6 is 22.9 Å². The Bertz CT molecular complexity index is 1200. The summed E-state index contributed by atoms with van der Waals surface area (Å²) < 4.78 is 41.9. The molecule has 2 aromatic heterocycles. The number of halogens is 1. The Morgan fingerprint density at radius 1 is 1.21 bits per heavy atom. The van der Waals surface area contributed by atoms with Gasteiger partial charge in [-0.2, -0.15) is 0 Å². The van der Waals surface area contributed by atoms with Gasteiger partial charge in [0, 0.05) is 13.3 Å². The molecule has 0 bridgehead atoms. The molecule has 0 radical (unpaired) electrons. The van der Waals surface area contributed by atoms with Gasteiger partial charge in [-0.25, -0.2) is 13.1 Å². The van der Waals surface area contributed by atoms with E-state index < -0.39 is 10.0 Å². The Kier molecular flexibility index (Phi) is 9.44. The molecule has 1 N–H and O–H groups in total. The van der Waals surface area contributed by atoms with Crippen molar-refractivity contribution in [2.24, 2.45) is 0 Å². The van der Waals surface area contributed by atoms with Crippen LogP contribution in [0.5, 0.6) is 5.75 Å². The van der Waals surface area contributed by atoms with Crippen molar-refractivity contribution in [2.45, 2.75) is 32.1 Å². The third-order valence-electron chi connectivity index (χ3n) is 4.06. The van der Waals surface area contributed by atoms with Crippen LogP contribution in [0.3, 0.4) is 0 Å². The van der Waals surface area contributed by atoms with E-state index in [1.165, 1.54) is 13.0 Å². The number of anilines is 1. The smallest absolute Gasteiger partial charge is 0.302 e. The van der Waals surface area contributed by atoms with Crippen molar-refractivity contribution in [2.75, 3.05) is 18.4 Å². The molecule has 12 heteroatoms. The van der Waals surface area contributed by atoms with Crippen LogP contribution in [0.25, 0.3) is 0 Å². The highest BCUT2D eigenvalue weighted by Gasteiger charge is 2.26. The summed E-state index contributed by atoms with van der Waals surface area (Å²) in [5.41, 5.74) is 1.11. The van der Waals surface area contributed by atoms with Crippen molar-refractivity contribution in [3.05, 3.63) is 56.9 Å². The minimum atomic E-state index is -4.06. The third kappa shape index (κ3) is 7.31. The number of nitrogens with zero attached hydrogens (tertiary/aromatic N) is 1. The number of aryl methyl sites for hydroxylation is 1. The highest BCUT2D eigenvalue weighted by Crippen LogP contribution is 2.30. The summed E-state index contributed by atoms with van der Waals surface area (Å²) in [7, 11) is -2.50.